The van der Waals surface area contributed by atoms with Gasteiger partial charge in [-0.05, 0) is 61.2 Å². The quantitative estimate of drug-likeness (QED) is 0.164. The van der Waals surface area contributed by atoms with Crippen molar-refractivity contribution >= 4 is 17.5 Å². The van der Waals surface area contributed by atoms with E-state index in [1.807, 2.05) is 89.8 Å². The van der Waals surface area contributed by atoms with E-state index >= 15 is 0 Å². The summed E-state index contributed by atoms with van der Waals surface area (Å²) in [5, 5.41) is 13.3. The Morgan fingerprint density at radius 3 is 2.42 bits per heavy atom. The number of aryl methyl sites for hydroxylation is 1. The van der Waals surface area contributed by atoms with Crippen molar-refractivity contribution in [1.29, 1.82) is 0 Å². The first kappa shape index (κ1) is 25.0. The Labute approximate surface area is 223 Å². The molecule has 0 fully saturated rings. The molecule has 0 aliphatic heterocycles. The molecule has 5 rings (SSSR count). The van der Waals surface area contributed by atoms with Crippen molar-refractivity contribution < 1.29 is 4.79 Å². The Morgan fingerprint density at radius 2 is 1.63 bits per heavy atom. The highest BCUT2D eigenvalue weighted by atomic mass is 16.1. The summed E-state index contributed by atoms with van der Waals surface area (Å²) in [5.74, 6) is 0.326. The number of unbranched alkanes of at least 4 members (excludes halogenated alkanes) is 3. The zero-order valence-corrected chi connectivity index (χ0v) is 21.3. The zero-order chi connectivity index (χ0) is 26.0. The highest BCUT2D eigenvalue weighted by Crippen LogP contribution is 2.22. The molecule has 2 heterocycles. The monoisotopic (exact) mass is 504 g/mol. The number of amides is 1. The van der Waals surface area contributed by atoms with E-state index in [1.54, 1.807) is 6.20 Å². The number of imidazole rings is 1. The molecule has 0 spiro atoms. The van der Waals surface area contributed by atoms with Gasteiger partial charge in [-0.15, -0.1) is 0 Å². The second kappa shape index (κ2) is 12.5. The van der Waals surface area contributed by atoms with Crippen LogP contribution < -0.4 is 10.6 Å². The normalized spacial score (nSPS) is 10.8. The molecule has 7 nitrogen and oxygen atoms in total. The van der Waals surface area contributed by atoms with Crippen LogP contribution >= 0.6 is 0 Å². The average molecular weight is 505 g/mol. The number of nitrogens with one attached hydrogen (secondary N) is 3. The van der Waals surface area contributed by atoms with E-state index in [1.165, 1.54) is 5.69 Å². The number of hydrogen-bond acceptors (Lipinski definition) is 4. The fourth-order valence-corrected chi connectivity index (χ4v) is 4.42. The van der Waals surface area contributed by atoms with Crippen molar-refractivity contribution in [2.24, 2.45) is 0 Å². The molecule has 0 atom stereocenters. The van der Waals surface area contributed by atoms with E-state index in [0.717, 1.165) is 61.2 Å². The van der Waals surface area contributed by atoms with Crippen LogP contribution in [0.15, 0.2) is 104 Å². The fraction of sp³-hybridized carbons (Fsp3) is 0.194. The minimum atomic E-state index is -0.199. The summed E-state index contributed by atoms with van der Waals surface area (Å²) in [6.45, 7) is 0.977. The molecule has 1 amide bonds. The predicted octanol–water partition coefficient (Wildman–Crippen LogP) is 6.73. The van der Waals surface area contributed by atoms with Crippen LogP contribution in [-0.4, -0.2) is 32.2 Å². The van der Waals surface area contributed by atoms with Crippen LogP contribution in [0.4, 0.5) is 11.6 Å². The highest BCUT2D eigenvalue weighted by Gasteiger charge is 2.15. The number of rotatable bonds is 12. The van der Waals surface area contributed by atoms with Crippen molar-refractivity contribution in [2.45, 2.75) is 32.1 Å². The highest BCUT2D eigenvalue weighted by molar-refractivity contribution is 6.04. The summed E-state index contributed by atoms with van der Waals surface area (Å²) in [5.41, 5.74) is 5.53. The van der Waals surface area contributed by atoms with Gasteiger partial charge in [-0.1, -0.05) is 61.4 Å². The third kappa shape index (κ3) is 6.56. The lowest BCUT2D eigenvalue weighted by Gasteiger charge is -2.09. The van der Waals surface area contributed by atoms with Gasteiger partial charge in [0.1, 0.15) is 0 Å². The topological polar surface area (TPSA) is 87.6 Å². The number of aromatic nitrogens is 4. The fourth-order valence-electron chi connectivity index (χ4n) is 4.42. The van der Waals surface area contributed by atoms with Gasteiger partial charge < -0.3 is 5.32 Å². The van der Waals surface area contributed by atoms with E-state index in [4.69, 9.17) is 4.98 Å². The standard InChI is InChI=1S/C31H32N6O/c38-30(25-13-11-12-24(20-25)26-21-33-34-22-26)36-31-35-28(23-37(31)29-17-8-4-9-18-29)16-5-1-2-10-19-32-27-14-6-3-7-15-27/h3-4,6-9,11-15,17-18,20-23,32H,1-2,5,10,16,19H2,(H,33,34)(H,35,36,38). The molecule has 0 aliphatic rings. The van der Waals surface area contributed by atoms with E-state index < -0.39 is 0 Å². The van der Waals surface area contributed by atoms with Gasteiger partial charge in [0.25, 0.3) is 5.91 Å². The molecule has 0 bridgehead atoms. The van der Waals surface area contributed by atoms with Gasteiger partial charge in [0.2, 0.25) is 5.95 Å². The largest absolute Gasteiger partial charge is 0.385 e. The van der Waals surface area contributed by atoms with E-state index in [2.05, 4.69) is 33.0 Å². The number of nitrogens with zero attached hydrogens (tertiary/aromatic N) is 3. The van der Waals surface area contributed by atoms with Crippen molar-refractivity contribution in [3.05, 3.63) is 115 Å². The third-order valence-corrected chi connectivity index (χ3v) is 6.43. The molecule has 0 saturated carbocycles. The second-order valence-corrected chi connectivity index (χ2v) is 9.24. The number of hydrogen-bond donors (Lipinski definition) is 3. The molecule has 3 aromatic carbocycles. The summed E-state index contributed by atoms with van der Waals surface area (Å²) in [6, 6.07) is 27.8. The molecule has 7 heteroatoms. The summed E-state index contributed by atoms with van der Waals surface area (Å²) < 4.78 is 1.96. The van der Waals surface area contributed by atoms with Gasteiger partial charge in [0.05, 0.1) is 11.9 Å². The van der Waals surface area contributed by atoms with E-state index in [0.29, 0.717) is 11.5 Å². The summed E-state index contributed by atoms with van der Waals surface area (Å²) in [7, 11) is 0. The van der Waals surface area contributed by atoms with Crippen LogP contribution in [0.5, 0.6) is 0 Å². The van der Waals surface area contributed by atoms with Crippen molar-refractivity contribution in [2.75, 3.05) is 17.2 Å². The molecule has 5 aromatic rings. The number of para-hydroxylation sites is 2. The van der Waals surface area contributed by atoms with E-state index in [-0.39, 0.29) is 5.91 Å². The molecular weight excluding hydrogens is 472 g/mol. The molecule has 0 aliphatic carbocycles. The second-order valence-electron chi connectivity index (χ2n) is 9.24. The van der Waals surface area contributed by atoms with Gasteiger partial charge in [-0.2, -0.15) is 5.10 Å². The van der Waals surface area contributed by atoms with Gasteiger partial charge in [0, 0.05) is 41.4 Å². The predicted molar refractivity (Wildman–Crippen MR) is 153 cm³/mol. The Balaban J connectivity index is 1.20. The number of carbonyl (C=O) groups excluding carboxylic acids is 1. The van der Waals surface area contributed by atoms with Crippen LogP contribution in [0.2, 0.25) is 0 Å². The lowest BCUT2D eigenvalue weighted by atomic mass is 10.1. The molecule has 3 N–H and O–H groups in total. The first-order chi connectivity index (χ1) is 18.8. The SMILES string of the molecule is O=C(Nc1nc(CCCCCCNc2ccccc2)cn1-c1ccccc1)c1cccc(-c2cn[nH]c2)c1. The van der Waals surface area contributed by atoms with Gasteiger partial charge in [-0.25, -0.2) is 4.98 Å². The van der Waals surface area contributed by atoms with Crippen LogP contribution in [0.1, 0.15) is 41.7 Å². The zero-order valence-electron chi connectivity index (χ0n) is 21.3. The Morgan fingerprint density at radius 1 is 0.842 bits per heavy atom. The third-order valence-electron chi connectivity index (χ3n) is 6.43. The van der Waals surface area contributed by atoms with Crippen LogP contribution in [0.3, 0.4) is 0 Å². The van der Waals surface area contributed by atoms with Crippen LogP contribution in [0, 0.1) is 0 Å². The Kier molecular flexibility index (Phi) is 8.26. The summed E-state index contributed by atoms with van der Waals surface area (Å²) >= 11 is 0. The number of carbonyl (C=O) groups is 1. The summed E-state index contributed by atoms with van der Waals surface area (Å²) in [4.78, 5) is 18.0. The number of H-pyrrole nitrogens is 1. The molecule has 0 radical (unpaired) electrons. The number of aromatic amines is 1. The van der Waals surface area contributed by atoms with Gasteiger partial charge in [0.15, 0.2) is 0 Å². The molecule has 0 saturated heterocycles. The number of anilines is 2. The van der Waals surface area contributed by atoms with Crippen molar-refractivity contribution in [3.63, 3.8) is 0 Å². The maximum atomic E-state index is 13.2. The smallest absolute Gasteiger partial charge is 0.258 e. The first-order valence-corrected chi connectivity index (χ1v) is 13.1. The average Bonchev–Trinajstić information content (AvgIpc) is 3.64. The lowest BCUT2D eigenvalue weighted by Crippen LogP contribution is -2.15. The Bertz CT molecular complexity index is 1430. The van der Waals surface area contributed by atoms with Gasteiger partial charge >= 0.3 is 0 Å². The maximum Gasteiger partial charge on any atom is 0.258 e. The first-order valence-electron chi connectivity index (χ1n) is 13.1. The molecule has 38 heavy (non-hydrogen) atoms. The maximum absolute atomic E-state index is 13.2. The van der Waals surface area contributed by atoms with E-state index in [9.17, 15) is 4.79 Å². The number of benzene rings is 3. The molecule has 192 valence electrons. The summed E-state index contributed by atoms with van der Waals surface area (Å²) in [6.07, 6.45) is 10.9. The van der Waals surface area contributed by atoms with Gasteiger partial charge in [-0.3, -0.25) is 19.8 Å². The lowest BCUT2D eigenvalue weighted by molar-refractivity contribution is 0.102. The molecule has 2 aromatic heterocycles. The molecular formula is C31H32N6O. The van der Waals surface area contributed by atoms with Crippen LogP contribution in [0.25, 0.3) is 16.8 Å². The van der Waals surface area contributed by atoms with Crippen LogP contribution in [-0.2, 0) is 6.42 Å². The van der Waals surface area contributed by atoms with Crippen molar-refractivity contribution in [3.8, 4) is 16.8 Å². The minimum absolute atomic E-state index is 0.199. The Hall–Kier alpha value is -4.65. The molecule has 0 unspecified atom stereocenters. The van der Waals surface area contributed by atoms with Crippen molar-refractivity contribution in [1.82, 2.24) is 19.7 Å². The minimum Gasteiger partial charge on any atom is -0.385 e.